The monoisotopic (exact) mass is 244 g/mol. The second-order valence-electron chi connectivity index (χ2n) is 4.54. The van der Waals surface area contributed by atoms with Crippen molar-refractivity contribution in [2.45, 2.75) is 18.9 Å². The van der Waals surface area contributed by atoms with Crippen LogP contribution in [0.1, 0.15) is 23.2 Å². The van der Waals surface area contributed by atoms with Gasteiger partial charge in [0.05, 0.1) is 11.3 Å². The predicted octanol–water partition coefficient (Wildman–Crippen LogP) is 0.794. The van der Waals surface area contributed by atoms with Crippen LogP contribution < -0.4 is 4.90 Å². The van der Waals surface area contributed by atoms with Crippen molar-refractivity contribution in [3.8, 4) is 0 Å². The lowest BCUT2D eigenvalue weighted by atomic mass is 10.1. The molecule has 2 heterocycles. The van der Waals surface area contributed by atoms with Gasteiger partial charge in [0.2, 0.25) is 11.8 Å². The summed E-state index contributed by atoms with van der Waals surface area (Å²) in [7, 11) is 1.64. The van der Waals surface area contributed by atoms with E-state index >= 15 is 0 Å². The lowest BCUT2D eigenvalue weighted by Gasteiger charge is -2.21. The molecular formula is C13H12N2O3. The summed E-state index contributed by atoms with van der Waals surface area (Å²) < 4.78 is 0. The summed E-state index contributed by atoms with van der Waals surface area (Å²) in [5.41, 5.74) is 0.973. The zero-order chi connectivity index (χ0) is 12.9. The maximum Gasteiger partial charge on any atom is 0.263 e. The van der Waals surface area contributed by atoms with E-state index in [1.54, 1.807) is 31.3 Å². The largest absolute Gasteiger partial charge is 0.313 e. The number of likely N-dealkylation sites (N-methyl/N-ethyl adjacent to an activating group) is 1. The van der Waals surface area contributed by atoms with Gasteiger partial charge in [0.1, 0.15) is 6.04 Å². The molecule has 2 aliphatic heterocycles. The van der Waals surface area contributed by atoms with Gasteiger partial charge >= 0.3 is 0 Å². The first-order valence-electron chi connectivity index (χ1n) is 5.84. The SMILES string of the molecule is CN1C(=O)C2CCC(=O)N2C(=O)c2ccccc21. The minimum absolute atomic E-state index is 0.195. The van der Waals surface area contributed by atoms with Gasteiger partial charge in [-0.3, -0.25) is 19.3 Å². The molecule has 0 spiro atoms. The van der Waals surface area contributed by atoms with Crippen molar-refractivity contribution in [2.75, 3.05) is 11.9 Å². The molecule has 1 aromatic carbocycles. The number of rotatable bonds is 0. The van der Waals surface area contributed by atoms with Crippen LogP contribution in [0.5, 0.6) is 0 Å². The molecule has 1 unspecified atom stereocenters. The topological polar surface area (TPSA) is 57.7 Å². The smallest absolute Gasteiger partial charge is 0.263 e. The Bertz CT molecular complexity index is 567. The number of amides is 3. The van der Waals surface area contributed by atoms with Crippen molar-refractivity contribution >= 4 is 23.4 Å². The molecule has 0 aromatic heterocycles. The third kappa shape index (κ3) is 1.30. The van der Waals surface area contributed by atoms with Gasteiger partial charge in [-0.05, 0) is 18.6 Å². The fraction of sp³-hybridized carbons (Fsp3) is 0.308. The Morgan fingerprint density at radius 3 is 2.67 bits per heavy atom. The first-order chi connectivity index (χ1) is 8.61. The molecule has 0 N–H and O–H groups in total. The fourth-order valence-electron chi connectivity index (χ4n) is 2.59. The van der Waals surface area contributed by atoms with Crippen molar-refractivity contribution in [2.24, 2.45) is 0 Å². The summed E-state index contributed by atoms with van der Waals surface area (Å²) in [5, 5.41) is 0. The minimum atomic E-state index is -0.637. The predicted molar refractivity (Wildman–Crippen MR) is 64.1 cm³/mol. The van der Waals surface area contributed by atoms with Crippen molar-refractivity contribution < 1.29 is 14.4 Å². The van der Waals surface area contributed by atoms with Gasteiger partial charge in [-0.25, -0.2) is 0 Å². The van der Waals surface area contributed by atoms with Crippen LogP contribution in [0.2, 0.25) is 0 Å². The highest BCUT2D eigenvalue weighted by molar-refractivity contribution is 6.17. The molecule has 1 saturated heterocycles. The van der Waals surface area contributed by atoms with E-state index in [0.29, 0.717) is 17.7 Å². The minimum Gasteiger partial charge on any atom is -0.313 e. The standard InChI is InChI=1S/C13H12N2O3/c1-14-9-5-3-2-4-8(9)12(17)15-10(13(14)18)6-7-11(15)16/h2-5,10H,6-7H2,1H3. The van der Waals surface area contributed by atoms with Crippen molar-refractivity contribution in [3.05, 3.63) is 29.8 Å². The second-order valence-corrected chi connectivity index (χ2v) is 4.54. The molecule has 1 atom stereocenters. The van der Waals surface area contributed by atoms with E-state index in [4.69, 9.17) is 0 Å². The average molecular weight is 244 g/mol. The average Bonchev–Trinajstić information content (AvgIpc) is 2.74. The van der Waals surface area contributed by atoms with Crippen LogP contribution in [-0.4, -0.2) is 35.7 Å². The number of carbonyl (C=O) groups excluding carboxylic acids is 3. The van der Waals surface area contributed by atoms with E-state index in [0.717, 1.165) is 4.90 Å². The van der Waals surface area contributed by atoms with Gasteiger partial charge in [0.25, 0.3) is 5.91 Å². The maximum atomic E-state index is 12.3. The molecule has 0 radical (unpaired) electrons. The Morgan fingerprint density at radius 2 is 1.89 bits per heavy atom. The summed E-state index contributed by atoms with van der Waals surface area (Å²) in [6.45, 7) is 0. The summed E-state index contributed by atoms with van der Waals surface area (Å²) in [4.78, 5) is 39.0. The number of nitrogens with zero attached hydrogens (tertiary/aromatic N) is 2. The van der Waals surface area contributed by atoms with Crippen molar-refractivity contribution in [1.82, 2.24) is 4.90 Å². The molecule has 0 bridgehead atoms. The number of benzene rings is 1. The molecule has 0 saturated carbocycles. The molecule has 1 fully saturated rings. The Morgan fingerprint density at radius 1 is 1.17 bits per heavy atom. The van der Waals surface area contributed by atoms with Crippen LogP contribution in [-0.2, 0) is 9.59 Å². The highest BCUT2D eigenvalue weighted by Crippen LogP contribution is 2.31. The third-order valence-electron chi connectivity index (χ3n) is 3.54. The molecule has 18 heavy (non-hydrogen) atoms. The summed E-state index contributed by atoms with van der Waals surface area (Å²) >= 11 is 0. The highest BCUT2D eigenvalue weighted by atomic mass is 16.2. The number of para-hydroxylation sites is 1. The molecule has 3 amide bonds. The van der Waals surface area contributed by atoms with Gasteiger partial charge < -0.3 is 4.90 Å². The Labute approximate surface area is 104 Å². The van der Waals surface area contributed by atoms with E-state index in [2.05, 4.69) is 0 Å². The molecule has 3 rings (SSSR count). The number of hydrogen-bond acceptors (Lipinski definition) is 3. The maximum absolute atomic E-state index is 12.3. The van der Waals surface area contributed by atoms with Gasteiger partial charge in [-0.1, -0.05) is 12.1 Å². The molecule has 0 aliphatic carbocycles. The van der Waals surface area contributed by atoms with E-state index < -0.39 is 6.04 Å². The molecular weight excluding hydrogens is 232 g/mol. The summed E-state index contributed by atoms with van der Waals surface area (Å²) in [5.74, 6) is -0.821. The molecule has 2 aliphatic rings. The van der Waals surface area contributed by atoms with Gasteiger partial charge in [0.15, 0.2) is 0 Å². The van der Waals surface area contributed by atoms with Crippen LogP contribution in [0.4, 0.5) is 5.69 Å². The zero-order valence-corrected chi connectivity index (χ0v) is 9.92. The second kappa shape index (κ2) is 3.66. The van der Waals surface area contributed by atoms with Crippen LogP contribution in [0.3, 0.4) is 0 Å². The number of anilines is 1. The van der Waals surface area contributed by atoms with Gasteiger partial charge in [0, 0.05) is 13.5 Å². The van der Waals surface area contributed by atoms with E-state index in [1.165, 1.54) is 4.90 Å². The van der Waals surface area contributed by atoms with Crippen LogP contribution in [0.15, 0.2) is 24.3 Å². The first kappa shape index (κ1) is 11.0. The fourth-order valence-corrected chi connectivity index (χ4v) is 2.59. The van der Waals surface area contributed by atoms with Crippen LogP contribution >= 0.6 is 0 Å². The lowest BCUT2D eigenvalue weighted by molar-refractivity contribution is -0.131. The number of hydrogen-bond donors (Lipinski definition) is 0. The Balaban J connectivity index is 2.20. The molecule has 5 heteroatoms. The quantitative estimate of drug-likeness (QED) is 0.634. The van der Waals surface area contributed by atoms with Gasteiger partial charge in [-0.2, -0.15) is 0 Å². The number of imide groups is 1. The van der Waals surface area contributed by atoms with E-state index in [-0.39, 0.29) is 24.1 Å². The lowest BCUT2D eigenvalue weighted by Crippen LogP contribution is -2.45. The normalized spacial score (nSPS) is 22.9. The van der Waals surface area contributed by atoms with E-state index in [9.17, 15) is 14.4 Å². The third-order valence-corrected chi connectivity index (χ3v) is 3.54. The molecule has 1 aromatic rings. The van der Waals surface area contributed by atoms with Crippen molar-refractivity contribution in [1.29, 1.82) is 0 Å². The molecule has 92 valence electrons. The number of carbonyl (C=O) groups is 3. The van der Waals surface area contributed by atoms with Crippen molar-refractivity contribution in [3.63, 3.8) is 0 Å². The Hall–Kier alpha value is -2.17. The zero-order valence-electron chi connectivity index (χ0n) is 9.92. The highest BCUT2D eigenvalue weighted by Gasteiger charge is 2.45. The number of fused-ring (bicyclic) bond motifs is 2. The molecule has 5 nitrogen and oxygen atoms in total. The van der Waals surface area contributed by atoms with E-state index in [1.807, 2.05) is 0 Å². The Kier molecular flexibility index (Phi) is 2.23. The van der Waals surface area contributed by atoms with Gasteiger partial charge in [-0.15, -0.1) is 0 Å². The first-order valence-corrected chi connectivity index (χ1v) is 5.84. The van der Waals surface area contributed by atoms with Crippen LogP contribution in [0.25, 0.3) is 0 Å². The summed E-state index contributed by atoms with van der Waals surface area (Å²) in [6, 6.07) is 6.24. The summed E-state index contributed by atoms with van der Waals surface area (Å²) in [6.07, 6.45) is 0.680. The van der Waals surface area contributed by atoms with Crippen LogP contribution in [0, 0.1) is 0 Å².